The van der Waals surface area contributed by atoms with Crippen LogP contribution < -0.4 is 5.32 Å². The van der Waals surface area contributed by atoms with E-state index in [4.69, 9.17) is 9.47 Å². The molecule has 4 nitrogen and oxygen atoms in total. The minimum atomic E-state index is -0.309. The van der Waals surface area contributed by atoms with Crippen LogP contribution in [0, 0.1) is 0 Å². The Hall–Kier alpha value is -1.59. The zero-order chi connectivity index (χ0) is 16.4. The third-order valence-electron chi connectivity index (χ3n) is 3.61. The summed E-state index contributed by atoms with van der Waals surface area (Å²) in [5.41, 5.74) is 1.93. The first kappa shape index (κ1) is 18.5. The molecule has 0 heterocycles. The van der Waals surface area contributed by atoms with E-state index in [1.807, 2.05) is 45.1 Å². The lowest BCUT2D eigenvalue weighted by Gasteiger charge is -2.23. The van der Waals surface area contributed by atoms with Crippen molar-refractivity contribution in [1.82, 2.24) is 5.32 Å². The van der Waals surface area contributed by atoms with Gasteiger partial charge >= 0.3 is 5.97 Å². The Morgan fingerprint density at radius 2 is 2.05 bits per heavy atom. The van der Waals surface area contributed by atoms with Crippen LogP contribution in [0.3, 0.4) is 0 Å². The second-order valence-electron chi connectivity index (χ2n) is 5.42. The number of hydrogen-bond donors (Lipinski definition) is 1. The number of esters is 1. The Morgan fingerprint density at radius 1 is 1.36 bits per heavy atom. The molecule has 5 heteroatoms. The zero-order valence-corrected chi connectivity index (χ0v) is 14.0. The van der Waals surface area contributed by atoms with E-state index in [2.05, 4.69) is 12.2 Å². The predicted molar refractivity (Wildman–Crippen MR) is 91.4 cm³/mol. The molecular formula is C17H26BNO3. The number of carbonyl (C=O) groups excluding carboxylic acids is 1. The minimum Gasteiger partial charge on any atom is -0.458 e. The van der Waals surface area contributed by atoms with Crippen LogP contribution in [0.25, 0.3) is 0 Å². The lowest BCUT2D eigenvalue weighted by molar-refractivity contribution is -0.139. The first-order valence-electron chi connectivity index (χ1n) is 7.70. The topological polar surface area (TPSA) is 47.6 Å². The highest BCUT2D eigenvalue weighted by atomic mass is 16.5. The van der Waals surface area contributed by atoms with Crippen LogP contribution in [-0.2, 0) is 20.9 Å². The van der Waals surface area contributed by atoms with Crippen molar-refractivity contribution in [3.63, 3.8) is 0 Å². The van der Waals surface area contributed by atoms with Crippen molar-refractivity contribution in [3.05, 3.63) is 47.5 Å². The Bertz CT molecular complexity index is 476. The lowest BCUT2D eigenvalue weighted by Crippen LogP contribution is -2.41. The fraction of sp³-hybridized carbons (Fsp3) is 0.471. The maximum atomic E-state index is 11.8. The Kier molecular flexibility index (Phi) is 8.55. The molecule has 1 rings (SSSR count). The van der Waals surface area contributed by atoms with Crippen molar-refractivity contribution < 1.29 is 14.3 Å². The molecule has 0 amide bonds. The molecule has 0 bridgehead atoms. The Labute approximate surface area is 134 Å². The van der Waals surface area contributed by atoms with Crippen LogP contribution in [0.1, 0.15) is 25.8 Å². The van der Waals surface area contributed by atoms with Gasteiger partial charge < -0.3 is 14.8 Å². The highest BCUT2D eigenvalue weighted by molar-refractivity contribution is 6.11. The van der Waals surface area contributed by atoms with Crippen LogP contribution in [0.5, 0.6) is 0 Å². The van der Waals surface area contributed by atoms with Crippen molar-refractivity contribution in [2.45, 2.75) is 38.9 Å². The summed E-state index contributed by atoms with van der Waals surface area (Å²) >= 11 is 0. The van der Waals surface area contributed by atoms with Crippen molar-refractivity contribution in [3.8, 4) is 0 Å². The fourth-order valence-corrected chi connectivity index (χ4v) is 2.12. The van der Waals surface area contributed by atoms with Crippen molar-refractivity contribution >= 4 is 13.8 Å². The van der Waals surface area contributed by atoms with Gasteiger partial charge in [0.25, 0.3) is 0 Å². The summed E-state index contributed by atoms with van der Waals surface area (Å²) in [5.74, 6) is -0.309. The predicted octanol–water partition coefficient (Wildman–Crippen LogP) is 1.65. The number of hydrogen-bond acceptors (Lipinski definition) is 4. The average molecular weight is 303 g/mol. The standard InChI is InChI=1S/C17H26BNO3/c1-4-15(17(18)21-3)19-11-13(2)10-16(20)22-12-14-8-6-5-7-9-14/h5-10,15,17,19H,4,11-12,18H2,1-3H3/b13-10-/t15?,17-/m1/s1. The largest absolute Gasteiger partial charge is 0.458 e. The van der Waals surface area contributed by atoms with Crippen LogP contribution in [0.2, 0.25) is 0 Å². The number of methoxy groups -OCH3 is 1. The van der Waals surface area contributed by atoms with Gasteiger partial charge in [-0.3, -0.25) is 0 Å². The summed E-state index contributed by atoms with van der Waals surface area (Å²) in [7, 11) is 3.74. The monoisotopic (exact) mass is 303 g/mol. The summed E-state index contributed by atoms with van der Waals surface area (Å²) in [5, 5.41) is 3.40. The molecule has 22 heavy (non-hydrogen) atoms. The highest BCUT2D eigenvalue weighted by Crippen LogP contribution is 2.03. The van der Waals surface area contributed by atoms with E-state index in [0.29, 0.717) is 13.2 Å². The summed E-state index contributed by atoms with van der Waals surface area (Å²) in [6.07, 6.45) is 2.51. The van der Waals surface area contributed by atoms with Crippen molar-refractivity contribution in [1.29, 1.82) is 0 Å². The minimum absolute atomic E-state index is 0.142. The van der Waals surface area contributed by atoms with Crippen LogP contribution in [0.15, 0.2) is 42.0 Å². The summed E-state index contributed by atoms with van der Waals surface area (Å²) in [6.45, 7) is 4.98. The number of benzene rings is 1. The highest BCUT2D eigenvalue weighted by Gasteiger charge is 2.13. The first-order valence-corrected chi connectivity index (χ1v) is 7.70. The molecular weight excluding hydrogens is 277 g/mol. The molecule has 0 aliphatic rings. The van der Waals surface area contributed by atoms with E-state index in [-0.39, 0.29) is 18.0 Å². The molecule has 0 aromatic heterocycles. The average Bonchev–Trinajstić information content (AvgIpc) is 2.54. The van der Waals surface area contributed by atoms with Crippen molar-refractivity contribution in [2.24, 2.45) is 0 Å². The fourth-order valence-electron chi connectivity index (χ4n) is 2.12. The van der Waals surface area contributed by atoms with Crippen LogP contribution in [-0.4, -0.2) is 39.5 Å². The summed E-state index contributed by atoms with van der Waals surface area (Å²) in [4.78, 5) is 11.8. The second kappa shape index (κ2) is 10.2. The maximum Gasteiger partial charge on any atom is 0.331 e. The lowest BCUT2D eigenvalue weighted by atomic mass is 9.90. The number of rotatable bonds is 9. The van der Waals surface area contributed by atoms with Gasteiger partial charge in [-0.2, -0.15) is 0 Å². The van der Waals surface area contributed by atoms with E-state index in [0.717, 1.165) is 17.6 Å². The molecule has 0 saturated carbocycles. The summed E-state index contributed by atoms with van der Waals surface area (Å²) in [6, 6.07) is 10.1. The molecule has 1 N–H and O–H groups in total. The molecule has 2 atom stereocenters. The SMILES string of the molecule is B[C@H](OC)C(CC)NC/C(C)=C\C(=O)OCc1ccccc1. The van der Waals surface area contributed by atoms with Gasteiger partial charge in [-0.05, 0) is 18.9 Å². The first-order chi connectivity index (χ1) is 10.6. The Balaban J connectivity index is 2.38. The van der Waals surface area contributed by atoms with E-state index >= 15 is 0 Å². The quantitative estimate of drug-likeness (QED) is 0.428. The van der Waals surface area contributed by atoms with Gasteiger partial charge in [0.2, 0.25) is 0 Å². The van der Waals surface area contributed by atoms with E-state index in [9.17, 15) is 4.79 Å². The van der Waals surface area contributed by atoms with Gasteiger partial charge in [0, 0.05) is 31.8 Å². The Morgan fingerprint density at radius 3 is 2.64 bits per heavy atom. The molecule has 1 aromatic carbocycles. The van der Waals surface area contributed by atoms with Gasteiger partial charge in [0.15, 0.2) is 0 Å². The van der Waals surface area contributed by atoms with E-state index in [1.165, 1.54) is 0 Å². The number of carbonyl (C=O) groups is 1. The third-order valence-corrected chi connectivity index (χ3v) is 3.61. The molecule has 0 radical (unpaired) electrons. The van der Waals surface area contributed by atoms with Gasteiger partial charge in [-0.15, -0.1) is 0 Å². The molecule has 1 unspecified atom stereocenters. The molecule has 1 aromatic rings. The van der Waals surface area contributed by atoms with Gasteiger partial charge in [-0.1, -0.05) is 42.8 Å². The van der Waals surface area contributed by atoms with Crippen LogP contribution >= 0.6 is 0 Å². The van der Waals surface area contributed by atoms with Gasteiger partial charge in [-0.25, -0.2) is 4.79 Å². The van der Waals surface area contributed by atoms with E-state index in [1.54, 1.807) is 13.2 Å². The van der Waals surface area contributed by atoms with E-state index < -0.39 is 0 Å². The molecule has 0 spiro atoms. The van der Waals surface area contributed by atoms with Crippen LogP contribution in [0.4, 0.5) is 0 Å². The molecule has 0 aliphatic carbocycles. The number of ether oxygens (including phenoxy) is 2. The third kappa shape index (κ3) is 6.92. The maximum absolute atomic E-state index is 11.8. The molecule has 0 fully saturated rings. The zero-order valence-electron chi connectivity index (χ0n) is 14.0. The molecule has 0 aliphatic heterocycles. The molecule has 0 saturated heterocycles. The van der Waals surface area contributed by atoms with Gasteiger partial charge in [0.05, 0.1) is 0 Å². The normalized spacial score (nSPS) is 14.4. The molecule has 120 valence electrons. The smallest absolute Gasteiger partial charge is 0.331 e. The summed E-state index contributed by atoms with van der Waals surface area (Å²) < 4.78 is 10.6. The number of nitrogens with one attached hydrogen (secondary N) is 1. The van der Waals surface area contributed by atoms with Crippen molar-refractivity contribution in [2.75, 3.05) is 13.7 Å². The van der Waals surface area contributed by atoms with Gasteiger partial charge in [0.1, 0.15) is 14.5 Å². The second-order valence-corrected chi connectivity index (χ2v) is 5.42.